The number of hydrogen-bond acceptors (Lipinski definition) is 0. The van der Waals surface area contributed by atoms with Gasteiger partial charge in [-0.3, -0.25) is 0 Å². The van der Waals surface area contributed by atoms with Crippen LogP contribution in [0, 0.1) is 0 Å². The normalized spacial score (nSPS) is 22.4. The lowest BCUT2D eigenvalue weighted by Gasteiger charge is -2.29. The minimum atomic E-state index is 0.410. The summed E-state index contributed by atoms with van der Waals surface area (Å²) in [6.45, 7) is 6.25. The van der Waals surface area contributed by atoms with Crippen LogP contribution in [0.2, 0.25) is 0 Å². The molecule has 1 aliphatic rings. The number of benzene rings is 1. The third kappa shape index (κ3) is 2.46. The van der Waals surface area contributed by atoms with Gasteiger partial charge in [-0.05, 0) is 42.2 Å². The van der Waals surface area contributed by atoms with Gasteiger partial charge in [-0.25, -0.2) is 0 Å². The molecule has 2 rings (SSSR count). The molecule has 92 valence electrons. The number of aryl methyl sites for hydroxylation is 1. The lowest BCUT2D eigenvalue weighted by atomic mass is 9.75. The van der Waals surface area contributed by atoms with Gasteiger partial charge in [0.2, 0.25) is 0 Å². The van der Waals surface area contributed by atoms with E-state index in [0.29, 0.717) is 5.41 Å². The standard InChI is InChI=1S/C17H24/c1-3-5-8-13-17(12-4-2)14-11-15-9-6-7-10-16(15)17/h4,6-7,9-10H,2-3,5,8,11-14H2,1H3. The monoisotopic (exact) mass is 228 g/mol. The van der Waals surface area contributed by atoms with E-state index in [-0.39, 0.29) is 0 Å². The van der Waals surface area contributed by atoms with Gasteiger partial charge in [0, 0.05) is 0 Å². The summed E-state index contributed by atoms with van der Waals surface area (Å²) in [5.74, 6) is 0. The van der Waals surface area contributed by atoms with Crippen molar-refractivity contribution in [1.29, 1.82) is 0 Å². The van der Waals surface area contributed by atoms with Crippen LogP contribution >= 0.6 is 0 Å². The van der Waals surface area contributed by atoms with E-state index in [9.17, 15) is 0 Å². The zero-order valence-electron chi connectivity index (χ0n) is 11.0. The molecular formula is C17H24. The summed E-state index contributed by atoms with van der Waals surface area (Å²) in [6, 6.07) is 9.02. The Hall–Kier alpha value is -1.04. The molecule has 0 saturated carbocycles. The molecule has 0 amide bonds. The molecular weight excluding hydrogens is 204 g/mol. The second-order valence-corrected chi connectivity index (χ2v) is 5.39. The average Bonchev–Trinajstić information content (AvgIpc) is 2.71. The fraction of sp³-hybridized carbons (Fsp3) is 0.529. The highest BCUT2D eigenvalue weighted by atomic mass is 14.4. The molecule has 1 atom stereocenters. The molecule has 0 radical (unpaired) electrons. The SMILES string of the molecule is C=CCC1(CCCCC)CCc2ccccc21. The first-order chi connectivity index (χ1) is 8.32. The Morgan fingerprint density at radius 3 is 2.88 bits per heavy atom. The average molecular weight is 228 g/mol. The maximum absolute atomic E-state index is 3.97. The third-order valence-corrected chi connectivity index (χ3v) is 4.26. The number of rotatable bonds is 6. The minimum Gasteiger partial charge on any atom is -0.103 e. The fourth-order valence-corrected chi connectivity index (χ4v) is 3.33. The van der Waals surface area contributed by atoms with E-state index < -0.39 is 0 Å². The van der Waals surface area contributed by atoms with Gasteiger partial charge < -0.3 is 0 Å². The van der Waals surface area contributed by atoms with Gasteiger partial charge in [-0.1, -0.05) is 56.5 Å². The van der Waals surface area contributed by atoms with E-state index in [2.05, 4.69) is 43.8 Å². The quantitative estimate of drug-likeness (QED) is 0.473. The number of unbranched alkanes of at least 4 members (excludes halogenated alkanes) is 2. The Labute approximate surface area is 106 Å². The van der Waals surface area contributed by atoms with Crippen LogP contribution in [-0.2, 0) is 11.8 Å². The van der Waals surface area contributed by atoms with Gasteiger partial charge in [0.1, 0.15) is 0 Å². The van der Waals surface area contributed by atoms with Crippen molar-refractivity contribution < 1.29 is 0 Å². The van der Waals surface area contributed by atoms with Gasteiger partial charge in [-0.2, -0.15) is 0 Å². The highest BCUT2D eigenvalue weighted by Crippen LogP contribution is 2.45. The highest BCUT2D eigenvalue weighted by molar-refractivity contribution is 5.39. The molecule has 0 fully saturated rings. The van der Waals surface area contributed by atoms with Crippen LogP contribution in [0.25, 0.3) is 0 Å². The van der Waals surface area contributed by atoms with Gasteiger partial charge in [0.25, 0.3) is 0 Å². The van der Waals surface area contributed by atoms with E-state index in [0.717, 1.165) is 6.42 Å². The topological polar surface area (TPSA) is 0 Å². The van der Waals surface area contributed by atoms with Crippen molar-refractivity contribution in [2.45, 2.75) is 57.3 Å². The molecule has 0 N–H and O–H groups in total. The summed E-state index contributed by atoms with van der Waals surface area (Å²) in [6.07, 6.45) is 11.2. The first kappa shape index (κ1) is 12.4. The van der Waals surface area contributed by atoms with E-state index in [4.69, 9.17) is 0 Å². The summed E-state index contributed by atoms with van der Waals surface area (Å²) in [4.78, 5) is 0. The predicted octanol–water partition coefficient (Wildman–Crippen LogP) is 5.03. The van der Waals surface area contributed by atoms with E-state index in [1.165, 1.54) is 38.5 Å². The van der Waals surface area contributed by atoms with Gasteiger partial charge in [0.15, 0.2) is 0 Å². The maximum Gasteiger partial charge on any atom is -0.000676 e. The molecule has 0 aromatic heterocycles. The Kier molecular flexibility index (Phi) is 4.04. The summed E-state index contributed by atoms with van der Waals surface area (Å²) < 4.78 is 0. The van der Waals surface area contributed by atoms with E-state index >= 15 is 0 Å². The first-order valence-electron chi connectivity index (χ1n) is 7.02. The molecule has 17 heavy (non-hydrogen) atoms. The molecule has 0 nitrogen and oxygen atoms in total. The number of fused-ring (bicyclic) bond motifs is 1. The van der Waals surface area contributed by atoms with Crippen LogP contribution in [0.4, 0.5) is 0 Å². The van der Waals surface area contributed by atoms with Crippen molar-refractivity contribution in [3.05, 3.63) is 48.0 Å². The molecule has 0 heteroatoms. The van der Waals surface area contributed by atoms with Crippen LogP contribution in [0.5, 0.6) is 0 Å². The van der Waals surface area contributed by atoms with Crippen molar-refractivity contribution in [1.82, 2.24) is 0 Å². The smallest absolute Gasteiger partial charge is 0.000676 e. The Morgan fingerprint density at radius 1 is 1.29 bits per heavy atom. The van der Waals surface area contributed by atoms with Crippen LogP contribution in [0.1, 0.15) is 56.6 Å². The lowest BCUT2D eigenvalue weighted by Crippen LogP contribution is -2.22. The van der Waals surface area contributed by atoms with Crippen molar-refractivity contribution >= 4 is 0 Å². The van der Waals surface area contributed by atoms with Crippen LogP contribution in [0.15, 0.2) is 36.9 Å². The van der Waals surface area contributed by atoms with Crippen molar-refractivity contribution in [2.75, 3.05) is 0 Å². The van der Waals surface area contributed by atoms with Crippen LogP contribution in [0.3, 0.4) is 0 Å². The summed E-state index contributed by atoms with van der Waals surface area (Å²) in [5, 5.41) is 0. The molecule has 1 unspecified atom stereocenters. The maximum atomic E-state index is 3.97. The molecule has 0 saturated heterocycles. The minimum absolute atomic E-state index is 0.410. The molecule has 0 spiro atoms. The first-order valence-corrected chi connectivity index (χ1v) is 7.02. The summed E-state index contributed by atoms with van der Waals surface area (Å²) in [5.41, 5.74) is 3.59. The number of hydrogen-bond donors (Lipinski definition) is 0. The van der Waals surface area contributed by atoms with Gasteiger partial charge in [-0.15, -0.1) is 6.58 Å². The van der Waals surface area contributed by atoms with Crippen molar-refractivity contribution in [3.8, 4) is 0 Å². The molecule has 0 bridgehead atoms. The van der Waals surface area contributed by atoms with Crippen molar-refractivity contribution in [3.63, 3.8) is 0 Å². The molecule has 0 aliphatic heterocycles. The molecule has 1 aliphatic carbocycles. The second kappa shape index (κ2) is 5.53. The highest BCUT2D eigenvalue weighted by Gasteiger charge is 2.36. The largest absolute Gasteiger partial charge is 0.103 e. The zero-order valence-corrected chi connectivity index (χ0v) is 11.0. The van der Waals surface area contributed by atoms with Gasteiger partial charge >= 0.3 is 0 Å². The third-order valence-electron chi connectivity index (χ3n) is 4.26. The molecule has 1 aromatic rings. The van der Waals surface area contributed by atoms with Crippen molar-refractivity contribution in [2.24, 2.45) is 0 Å². The van der Waals surface area contributed by atoms with Gasteiger partial charge in [0.05, 0.1) is 0 Å². The Morgan fingerprint density at radius 2 is 2.12 bits per heavy atom. The molecule has 1 aromatic carbocycles. The lowest BCUT2D eigenvalue weighted by molar-refractivity contribution is 0.377. The second-order valence-electron chi connectivity index (χ2n) is 5.39. The van der Waals surface area contributed by atoms with E-state index in [1.807, 2.05) is 0 Å². The fourth-order valence-electron chi connectivity index (χ4n) is 3.33. The van der Waals surface area contributed by atoms with Crippen LogP contribution < -0.4 is 0 Å². The number of allylic oxidation sites excluding steroid dienone is 1. The van der Waals surface area contributed by atoms with Crippen LogP contribution in [-0.4, -0.2) is 0 Å². The molecule has 0 heterocycles. The zero-order chi connectivity index (χ0) is 12.1. The Bertz CT molecular complexity index is 377. The summed E-state index contributed by atoms with van der Waals surface area (Å²) in [7, 11) is 0. The van der Waals surface area contributed by atoms with E-state index in [1.54, 1.807) is 11.1 Å². The predicted molar refractivity (Wildman–Crippen MR) is 75.4 cm³/mol. The Balaban J connectivity index is 2.21. The summed E-state index contributed by atoms with van der Waals surface area (Å²) >= 11 is 0.